The van der Waals surface area contributed by atoms with Crippen molar-refractivity contribution in [2.24, 2.45) is 0 Å². The lowest BCUT2D eigenvalue weighted by Crippen LogP contribution is -2.31. The van der Waals surface area contributed by atoms with Crippen molar-refractivity contribution in [1.29, 1.82) is 0 Å². The molecule has 0 aliphatic heterocycles. The molecule has 0 saturated heterocycles. The number of rotatable bonds is 3. The van der Waals surface area contributed by atoms with Gasteiger partial charge in [-0.25, -0.2) is 4.39 Å². The molecule has 6 nitrogen and oxygen atoms in total. The van der Waals surface area contributed by atoms with Crippen molar-refractivity contribution >= 4 is 10.1 Å². The molecule has 0 spiro atoms. The number of halogens is 7. The minimum Gasteiger partial charge on any atom is -0.353 e. The highest BCUT2D eigenvalue weighted by molar-refractivity contribution is 7.87. The van der Waals surface area contributed by atoms with Crippen LogP contribution in [0.4, 0.5) is 30.7 Å². The standard InChI is InChI=1S/C15H9F7N2O4S/c16-10-6-7(14(17,18)19)4-5-11(10)24-13(25)9-3-1-2-8(9)12(23-24)28-29(26,27)15(20,21)22/h4-6H,1-3H2. The summed E-state index contributed by atoms with van der Waals surface area (Å²) in [5.74, 6) is -2.63. The summed E-state index contributed by atoms with van der Waals surface area (Å²) < 4.78 is 117. The van der Waals surface area contributed by atoms with E-state index >= 15 is 0 Å². The Bertz CT molecular complexity index is 1140. The SMILES string of the molecule is O=c1c2c(c(OS(=O)(=O)C(F)(F)F)nn1-c1ccc(C(F)(F)F)cc1F)CCC2. The number of hydrogen-bond acceptors (Lipinski definition) is 5. The smallest absolute Gasteiger partial charge is 0.353 e. The highest BCUT2D eigenvalue weighted by Crippen LogP contribution is 2.33. The molecule has 0 bridgehead atoms. The van der Waals surface area contributed by atoms with Gasteiger partial charge in [0.2, 0.25) is 0 Å². The molecule has 14 heteroatoms. The van der Waals surface area contributed by atoms with E-state index in [1.165, 1.54) is 0 Å². The lowest BCUT2D eigenvalue weighted by atomic mass is 10.1. The normalized spacial score (nSPS) is 14.7. The van der Waals surface area contributed by atoms with Crippen molar-refractivity contribution in [3.8, 4) is 11.6 Å². The molecule has 2 aromatic rings. The van der Waals surface area contributed by atoms with E-state index in [4.69, 9.17) is 0 Å². The molecular weight excluding hydrogens is 437 g/mol. The number of aromatic nitrogens is 2. The summed E-state index contributed by atoms with van der Waals surface area (Å²) in [5, 5.41) is 3.35. The van der Waals surface area contributed by atoms with E-state index in [1.807, 2.05) is 0 Å². The van der Waals surface area contributed by atoms with Crippen molar-refractivity contribution in [3.05, 3.63) is 51.1 Å². The second-order valence-corrected chi connectivity index (χ2v) is 7.52. The van der Waals surface area contributed by atoms with Crippen molar-refractivity contribution < 1.29 is 43.3 Å². The number of nitrogens with zero attached hydrogens (tertiary/aromatic N) is 2. The maximum atomic E-state index is 14.2. The van der Waals surface area contributed by atoms with Gasteiger partial charge in [-0.2, -0.15) is 39.4 Å². The fourth-order valence-corrected chi connectivity index (χ4v) is 3.21. The number of fused-ring (bicyclic) bond motifs is 1. The van der Waals surface area contributed by atoms with Crippen LogP contribution in [0.1, 0.15) is 23.1 Å². The van der Waals surface area contributed by atoms with Crippen LogP contribution in [-0.2, 0) is 29.1 Å². The van der Waals surface area contributed by atoms with Crippen LogP contribution in [0.25, 0.3) is 5.69 Å². The molecule has 1 aromatic heterocycles. The molecule has 29 heavy (non-hydrogen) atoms. The number of hydrogen-bond donors (Lipinski definition) is 0. The van der Waals surface area contributed by atoms with Crippen LogP contribution < -0.4 is 9.74 Å². The Morgan fingerprint density at radius 3 is 2.21 bits per heavy atom. The molecule has 1 aliphatic rings. The summed E-state index contributed by atoms with van der Waals surface area (Å²) in [5.41, 5.74) is -9.33. The van der Waals surface area contributed by atoms with Gasteiger partial charge in [0, 0.05) is 11.1 Å². The van der Waals surface area contributed by atoms with Gasteiger partial charge in [-0.3, -0.25) is 4.79 Å². The summed E-state index contributed by atoms with van der Waals surface area (Å²) >= 11 is 0. The average Bonchev–Trinajstić information content (AvgIpc) is 3.06. The van der Waals surface area contributed by atoms with E-state index in [0.29, 0.717) is 12.1 Å². The molecule has 3 rings (SSSR count). The molecule has 1 aromatic carbocycles. The third-order valence-electron chi connectivity index (χ3n) is 4.09. The molecular formula is C15H9F7N2O4S. The van der Waals surface area contributed by atoms with Crippen LogP contribution in [0.5, 0.6) is 5.88 Å². The van der Waals surface area contributed by atoms with E-state index < -0.39 is 50.3 Å². The summed E-state index contributed by atoms with van der Waals surface area (Å²) in [4.78, 5) is 12.5. The van der Waals surface area contributed by atoms with Crippen LogP contribution in [0.15, 0.2) is 23.0 Å². The summed E-state index contributed by atoms with van der Waals surface area (Å²) in [7, 11) is -6.14. The Morgan fingerprint density at radius 1 is 1.03 bits per heavy atom. The second-order valence-electron chi connectivity index (χ2n) is 5.98. The maximum Gasteiger partial charge on any atom is 0.534 e. The molecule has 1 heterocycles. The fraction of sp³-hybridized carbons (Fsp3) is 0.333. The molecule has 0 atom stereocenters. The van der Waals surface area contributed by atoms with Crippen LogP contribution in [-0.4, -0.2) is 23.7 Å². The Balaban J connectivity index is 2.19. The monoisotopic (exact) mass is 446 g/mol. The van der Waals surface area contributed by atoms with Gasteiger partial charge in [-0.1, -0.05) is 0 Å². The molecule has 0 amide bonds. The topological polar surface area (TPSA) is 78.3 Å². The highest BCUT2D eigenvalue weighted by atomic mass is 32.2. The van der Waals surface area contributed by atoms with Gasteiger partial charge in [0.05, 0.1) is 5.56 Å². The molecule has 1 aliphatic carbocycles. The van der Waals surface area contributed by atoms with Crippen LogP contribution >= 0.6 is 0 Å². The van der Waals surface area contributed by atoms with E-state index in [1.54, 1.807) is 0 Å². The van der Waals surface area contributed by atoms with Gasteiger partial charge >= 0.3 is 21.8 Å². The van der Waals surface area contributed by atoms with Gasteiger partial charge in [0.25, 0.3) is 11.4 Å². The molecule has 158 valence electrons. The van der Waals surface area contributed by atoms with E-state index in [-0.39, 0.29) is 41.1 Å². The Labute approximate surface area is 157 Å². The van der Waals surface area contributed by atoms with Crippen molar-refractivity contribution in [3.63, 3.8) is 0 Å². The molecule has 0 unspecified atom stereocenters. The first kappa shape index (κ1) is 21.1. The molecule has 0 radical (unpaired) electrons. The largest absolute Gasteiger partial charge is 0.534 e. The van der Waals surface area contributed by atoms with Crippen molar-refractivity contribution in [2.45, 2.75) is 30.9 Å². The third-order valence-corrected chi connectivity index (χ3v) is 5.04. The van der Waals surface area contributed by atoms with Crippen molar-refractivity contribution in [1.82, 2.24) is 9.78 Å². The quantitative estimate of drug-likeness (QED) is 0.412. The van der Waals surface area contributed by atoms with Crippen molar-refractivity contribution in [2.75, 3.05) is 0 Å². The second kappa shape index (κ2) is 6.71. The third kappa shape index (κ3) is 3.80. The fourth-order valence-electron chi connectivity index (χ4n) is 2.78. The van der Waals surface area contributed by atoms with Gasteiger partial charge < -0.3 is 4.18 Å². The zero-order chi connectivity index (χ0) is 21.8. The Morgan fingerprint density at radius 2 is 1.66 bits per heavy atom. The van der Waals surface area contributed by atoms with E-state index in [9.17, 15) is 43.9 Å². The Kier molecular flexibility index (Phi) is 4.88. The lowest BCUT2D eigenvalue weighted by molar-refractivity contribution is -0.137. The first-order chi connectivity index (χ1) is 13.2. The minimum atomic E-state index is -6.14. The summed E-state index contributed by atoms with van der Waals surface area (Å²) in [6, 6.07) is 1.06. The lowest BCUT2D eigenvalue weighted by Gasteiger charge is -2.15. The van der Waals surface area contributed by atoms with E-state index in [2.05, 4.69) is 9.28 Å². The van der Waals surface area contributed by atoms with Gasteiger partial charge in [-0.05, 0) is 37.5 Å². The van der Waals surface area contributed by atoms with Gasteiger partial charge in [0.1, 0.15) is 11.5 Å². The zero-order valence-electron chi connectivity index (χ0n) is 13.9. The van der Waals surface area contributed by atoms with Gasteiger partial charge in [0.15, 0.2) is 0 Å². The zero-order valence-corrected chi connectivity index (χ0v) is 14.8. The Hall–Kier alpha value is -2.64. The highest BCUT2D eigenvalue weighted by Gasteiger charge is 2.49. The first-order valence-corrected chi connectivity index (χ1v) is 9.16. The predicted molar refractivity (Wildman–Crippen MR) is 82.4 cm³/mol. The van der Waals surface area contributed by atoms with Crippen LogP contribution in [0.3, 0.4) is 0 Å². The number of benzene rings is 1. The number of alkyl halides is 6. The summed E-state index contributed by atoms with van der Waals surface area (Å²) in [6.45, 7) is 0. The average molecular weight is 446 g/mol. The van der Waals surface area contributed by atoms with Crippen LogP contribution in [0.2, 0.25) is 0 Å². The first-order valence-electron chi connectivity index (χ1n) is 7.75. The molecule has 0 N–H and O–H groups in total. The van der Waals surface area contributed by atoms with Gasteiger partial charge in [-0.15, -0.1) is 5.10 Å². The minimum absolute atomic E-state index is 0.0152. The maximum absolute atomic E-state index is 14.2. The molecule has 0 fully saturated rings. The van der Waals surface area contributed by atoms with Crippen LogP contribution in [0, 0.1) is 5.82 Å². The molecule has 0 saturated carbocycles. The summed E-state index contributed by atoms with van der Waals surface area (Å²) in [6.07, 6.45) is -4.63. The predicted octanol–water partition coefficient (Wildman–Crippen LogP) is 3.11. The van der Waals surface area contributed by atoms with E-state index in [0.717, 1.165) is 0 Å².